The molecule has 10 rings (SSSR count). The number of aryl methyl sites for hydroxylation is 15. The van der Waals surface area contributed by atoms with Gasteiger partial charge in [0.2, 0.25) is 0 Å². The molecule has 5 aliphatic rings. The Morgan fingerprint density at radius 3 is 0.810 bits per heavy atom. The summed E-state index contributed by atoms with van der Waals surface area (Å²) in [5.41, 5.74) is 23.4. The van der Waals surface area contributed by atoms with Gasteiger partial charge in [-0.3, -0.25) is 9.34 Å². The lowest BCUT2D eigenvalue weighted by Gasteiger charge is -3.04. The van der Waals surface area contributed by atoms with Crippen LogP contribution in [0, 0.1) is 104 Å². The fourth-order valence-corrected chi connectivity index (χ4v) is 462. The van der Waals surface area contributed by atoms with Crippen LogP contribution >= 0.6 is 7.77 Å². The van der Waals surface area contributed by atoms with Gasteiger partial charge in [-0.25, -0.2) is 0 Å². The fourth-order valence-electron chi connectivity index (χ4n) is 14.8. The van der Waals surface area contributed by atoms with Crippen molar-refractivity contribution < 1.29 is 0 Å². The van der Waals surface area contributed by atoms with Crippen LogP contribution in [0.25, 0.3) is 0 Å². The van der Waals surface area contributed by atoms with E-state index in [-0.39, 0.29) is 0 Å². The van der Waals surface area contributed by atoms with E-state index < -0.39 is 49.6 Å². The minimum atomic E-state index is -2.45. The summed E-state index contributed by atoms with van der Waals surface area (Å²) >= 11 is 0. The lowest BCUT2D eigenvalue weighted by atomic mass is 10.1. The lowest BCUT2D eigenvalue weighted by Crippen LogP contribution is -3.45. The number of hydrogen-bond acceptors (Lipinski definition) is 2. The van der Waals surface area contributed by atoms with Crippen LogP contribution in [0.2, 0.25) is 0 Å². The van der Waals surface area contributed by atoms with Gasteiger partial charge in [0.1, 0.15) is 7.11 Å². The average molecular weight is 884 g/mol. The Kier molecular flexibility index (Phi) is 10.2. The standard InChI is InChI=1S/C49H67N2PSi6/c1-30-20-35(6)45(36(7)21-30)55(46-37(8)22-31(2)23-38(46)9)53-57(49-43(14)28-34(5)29-44(49)15)54(55)58(53,52(50(16)17)51(18)19)56(57,47-39(10)24-32(3)25-40(47)11)48-41(12)26-33(4)27-42(48)13/h20-29H,1-19H3. The number of hydrogen-bond donors (Lipinski definition) is 0. The zero-order valence-electron chi connectivity index (χ0n) is 39.1. The van der Waals surface area contributed by atoms with E-state index in [0.717, 1.165) is 0 Å². The van der Waals surface area contributed by atoms with Crippen molar-refractivity contribution in [3.8, 4) is 0 Å². The summed E-state index contributed by atoms with van der Waals surface area (Å²) in [4.78, 5) is 0. The maximum atomic E-state index is 2.85. The zero-order valence-corrected chi connectivity index (χ0v) is 46.0. The van der Waals surface area contributed by atoms with Crippen molar-refractivity contribution in [3.05, 3.63) is 144 Å². The van der Waals surface area contributed by atoms with E-state index in [2.05, 4.69) is 202 Å². The van der Waals surface area contributed by atoms with Crippen molar-refractivity contribution in [1.82, 2.24) is 9.34 Å². The van der Waals surface area contributed by atoms with Crippen molar-refractivity contribution in [2.75, 3.05) is 28.2 Å². The number of benzene rings is 5. The van der Waals surface area contributed by atoms with Gasteiger partial charge in [0.15, 0.2) is 0 Å². The minimum absolute atomic E-state index is 0.469. The Morgan fingerprint density at radius 1 is 0.345 bits per heavy atom. The zero-order chi connectivity index (χ0) is 42.5. The first-order valence-corrected chi connectivity index (χ1v) is 42.5. The summed E-state index contributed by atoms with van der Waals surface area (Å²) in [6.45, 7) is 35.1. The van der Waals surface area contributed by atoms with Gasteiger partial charge < -0.3 is 0 Å². The average Bonchev–Trinajstić information content (AvgIpc) is 3.03. The third-order valence-corrected chi connectivity index (χ3v) is 223. The van der Waals surface area contributed by atoms with Crippen molar-refractivity contribution >= 4 is 75.5 Å². The first-order chi connectivity index (χ1) is 27.1. The van der Waals surface area contributed by atoms with E-state index in [9.17, 15) is 0 Å². The molecule has 5 aromatic rings. The molecule has 0 aromatic heterocycles. The number of rotatable bonds is 8. The molecule has 0 aliphatic carbocycles. The highest BCUT2D eigenvalue weighted by molar-refractivity contribution is 8.78. The van der Waals surface area contributed by atoms with Crippen LogP contribution in [0.4, 0.5) is 0 Å². The Balaban J connectivity index is 1.69. The second kappa shape index (κ2) is 13.9. The smallest absolute Gasteiger partial charge is 0.107 e. The molecule has 0 spiro atoms. The van der Waals surface area contributed by atoms with Crippen molar-refractivity contribution in [2.45, 2.75) is 104 Å². The monoisotopic (exact) mass is 882 g/mol. The molecule has 302 valence electrons. The van der Waals surface area contributed by atoms with E-state index in [0.29, 0.717) is 0 Å². The second-order valence-corrected chi connectivity index (χ2v) is 91.2. The van der Waals surface area contributed by atoms with Crippen LogP contribution in [0.5, 0.6) is 0 Å². The molecule has 5 aromatic carbocycles. The molecule has 2 nitrogen and oxygen atoms in total. The van der Waals surface area contributed by atoms with E-state index >= 15 is 0 Å². The molecular formula is C49H67N2PSi6. The van der Waals surface area contributed by atoms with Crippen LogP contribution in [0.3, 0.4) is 0 Å². The van der Waals surface area contributed by atoms with Gasteiger partial charge in [-0.1, -0.05) is 170 Å². The van der Waals surface area contributed by atoms with Crippen molar-refractivity contribution in [2.24, 2.45) is 0 Å². The Labute approximate surface area is 358 Å². The molecule has 5 saturated heterocycles. The minimum Gasteiger partial charge on any atom is -0.280 e. The van der Waals surface area contributed by atoms with Gasteiger partial charge in [0.05, 0.1) is 20.0 Å². The Morgan fingerprint density at radius 2 is 0.569 bits per heavy atom. The predicted molar refractivity (Wildman–Crippen MR) is 270 cm³/mol. The summed E-state index contributed by atoms with van der Waals surface area (Å²) in [7, 11) is 3.17. The van der Waals surface area contributed by atoms with E-state index in [1.807, 2.05) is 25.9 Å². The molecule has 0 N–H and O–H groups in total. The second-order valence-electron chi connectivity index (χ2n) is 19.6. The molecule has 9 heteroatoms. The van der Waals surface area contributed by atoms with Crippen LogP contribution in [-0.4, -0.2) is 79.4 Å². The highest BCUT2D eigenvalue weighted by Gasteiger charge is 3.15. The van der Waals surface area contributed by atoms with Gasteiger partial charge in [-0.2, -0.15) is 0 Å². The maximum Gasteiger partial charge on any atom is 0.107 e. The molecule has 5 heterocycles. The highest BCUT2D eigenvalue weighted by Crippen LogP contribution is 2.82. The third-order valence-electron chi connectivity index (χ3n) is 14.6. The summed E-state index contributed by atoms with van der Waals surface area (Å²) in [5, 5.41) is 9.63. The predicted octanol–water partition coefficient (Wildman–Crippen LogP) is 7.53. The summed E-state index contributed by atoms with van der Waals surface area (Å²) in [5.74, 6) is 0. The Bertz CT molecular complexity index is 2340. The van der Waals surface area contributed by atoms with Crippen LogP contribution in [-0.2, 0) is 0 Å². The highest BCUT2D eigenvalue weighted by atomic mass is 31.6. The summed E-state index contributed by atoms with van der Waals surface area (Å²) < 4.78 is 5.70. The SMILES string of the molecule is Cc1cc(C)c([Si]2(c3c(C)cc(C)cc3C)[Si]3[Si]4(c5c(C)cc(C)cc5C)[Si]2[Si]3(P(N(C)C)N(C)C)[Si]4(c2c(C)cc(C)cc2C)c2c(C)cc(C)cc2C)c(C)c1. The van der Waals surface area contributed by atoms with E-state index in [1.165, 1.54) is 27.8 Å². The largest absolute Gasteiger partial charge is 0.280 e. The van der Waals surface area contributed by atoms with Crippen LogP contribution in [0.15, 0.2) is 60.7 Å². The third kappa shape index (κ3) is 4.84. The van der Waals surface area contributed by atoms with Crippen LogP contribution in [0.1, 0.15) is 83.5 Å². The van der Waals surface area contributed by atoms with Gasteiger partial charge in [0.25, 0.3) is 0 Å². The molecule has 5 aliphatic heterocycles. The van der Waals surface area contributed by atoms with Crippen molar-refractivity contribution in [3.63, 3.8) is 0 Å². The maximum absolute atomic E-state index is 2.85. The van der Waals surface area contributed by atoms with Gasteiger partial charge in [-0.05, 0) is 132 Å². The normalized spacial score (nSPS) is 21.8. The number of nitrogens with zero attached hydrogens (tertiary/aromatic N) is 2. The molecule has 0 unspecified atom stereocenters. The topological polar surface area (TPSA) is 6.48 Å². The summed E-state index contributed by atoms with van der Waals surface area (Å²) in [6, 6.07) is 26.1. The van der Waals surface area contributed by atoms with Crippen LogP contribution < -0.4 is 25.9 Å². The molecule has 0 atom stereocenters. The lowest BCUT2D eigenvalue weighted by molar-refractivity contribution is 0.588. The van der Waals surface area contributed by atoms with Crippen molar-refractivity contribution in [1.29, 1.82) is 0 Å². The quantitative estimate of drug-likeness (QED) is 0.118. The van der Waals surface area contributed by atoms with Gasteiger partial charge >= 0.3 is 0 Å². The fraction of sp³-hybridized carbons (Fsp3) is 0.388. The molecule has 5 fully saturated rings. The first kappa shape index (κ1) is 42.4. The molecule has 0 amide bonds. The van der Waals surface area contributed by atoms with Gasteiger partial charge in [0, 0.05) is 22.5 Å². The molecule has 4 bridgehead atoms. The molecule has 0 saturated carbocycles. The Hall–Kier alpha value is -2.25. The molecular weight excluding hydrogens is 816 g/mol. The first-order valence-electron chi connectivity index (χ1n) is 21.4. The van der Waals surface area contributed by atoms with Gasteiger partial charge in [-0.15, -0.1) is 0 Å². The van der Waals surface area contributed by atoms with E-state index in [4.69, 9.17) is 0 Å². The summed E-state index contributed by atoms with van der Waals surface area (Å²) in [6.07, 6.45) is -2.09. The van der Waals surface area contributed by atoms with E-state index in [1.54, 1.807) is 55.6 Å². The molecule has 2 radical (unpaired) electrons. The molecule has 58 heavy (non-hydrogen) atoms.